The molecule has 0 bridgehead atoms. The molecule has 1 fully saturated rings. The first-order valence-electron chi connectivity index (χ1n) is 9.50. The van der Waals surface area contributed by atoms with Gasteiger partial charge in [0.15, 0.2) is 16.7 Å². The highest BCUT2D eigenvalue weighted by Gasteiger charge is 2.24. The summed E-state index contributed by atoms with van der Waals surface area (Å²) in [5, 5.41) is 3.31. The van der Waals surface area contributed by atoms with Gasteiger partial charge in [-0.1, -0.05) is 36.4 Å². The maximum Gasteiger partial charge on any atom is 0.264 e. The number of thioether (sulfide) groups is 1. The van der Waals surface area contributed by atoms with Gasteiger partial charge in [-0.05, 0) is 65.4 Å². The van der Waals surface area contributed by atoms with Crippen LogP contribution in [0.15, 0.2) is 82.7 Å². The Morgan fingerprint density at radius 1 is 1.03 bits per heavy atom. The molecular formula is C24H19FN2O3S. The zero-order chi connectivity index (χ0) is 21.6. The topological polar surface area (TPSA) is 59.9 Å². The molecule has 1 N–H and O–H groups in total. The first-order valence-corrected chi connectivity index (χ1v) is 10.3. The van der Waals surface area contributed by atoms with Gasteiger partial charge in [0.2, 0.25) is 0 Å². The molecule has 0 unspecified atom stereocenters. The smallest absolute Gasteiger partial charge is 0.264 e. The minimum absolute atomic E-state index is 0.199. The predicted octanol–water partition coefficient (Wildman–Crippen LogP) is 5.30. The molecule has 0 radical (unpaired) electrons. The van der Waals surface area contributed by atoms with Crippen LogP contribution in [0.2, 0.25) is 0 Å². The quantitative estimate of drug-likeness (QED) is 0.535. The van der Waals surface area contributed by atoms with Crippen molar-refractivity contribution in [3.05, 3.63) is 94.6 Å². The summed E-state index contributed by atoms with van der Waals surface area (Å²) in [5.41, 5.74) is 2.42. The maximum atomic E-state index is 13.0. The Balaban J connectivity index is 1.48. The molecule has 0 aliphatic carbocycles. The van der Waals surface area contributed by atoms with Crippen LogP contribution in [0.25, 0.3) is 6.08 Å². The molecule has 7 heteroatoms. The standard InChI is InChI=1S/C24H19FN2O3S/c1-29-21-13-17(9-12-20(21)30-15-16-7-10-18(25)11-8-16)14-22-23(28)27-24(31-22)26-19-5-3-2-4-6-19/h2-14H,15H2,1H3,(H,26,27,28)/b22-14-. The van der Waals surface area contributed by atoms with E-state index in [0.29, 0.717) is 21.6 Å². The predicted molar refractivity (Wildman–Crippen MR) is 121 cm³/mol. The van der Waals surface area contributed by atoms with Crippen LogP contribution < -0.4 is 14.8 Å². The number of aliphatic imine (C=N–C) groups is 1. The van der Waals surface area contributed by atoms with Crippen LogP contribution in [0.1, 0.15) is 11.1 Å². The molecule has 0 aromatic heterocycles. The summed E-state index contributed by atoms with van der Waals surface area (Å²) in [6.07, 6.45) is 1.78. The Hall–Kier alpha value is -3.58. The lowest BCUT2D eigenvalue weighted by Gasteiger charge is -2.11. The van der Waals surface area contributed by atoms with Gasteiger partial charge in [0.25, 0.3) is 5.91 Å². The Labute approximate surface area is 183 Å². The Morgan fingerprint density at radius 2 is 1.81 bits per heavy atom. The Bertz CT molecular complexity index is 1150. The molecule has 1 heterocycles. The SMILES string of the molecule is COc1cc(/C=C2\SC(=Nc3ccccc3)NC2=O)ccc1OCc1ccc(F)cc1. The molecule has 1 saturated heterocycles. The summed E-state index contributed by atoms with van der Waals surface area (Å²) in [7, 11) is 1.55. The second-order valence-corrected chi connectivity index (χ2v) is 7.67. The zero-order valence-corrected chi connectivity index (χ0v) is 17.5. The zero-order valence-electron chi connectivity index (χ0n) is 16.7. The molecule has 0 spiro atoms. The lowest BCUT2D eigenvalue weighted by atomic mass is 10.2. The van der Waals surface area contributed by atoms with E-state index in [1.165, 1.54) is 23.9 Å². The van der Waals surface area contributed by atoms with E-state index >= 15 is 0 Å². The number of benzene rings is 3. The Morgan fingerprint density at radius 3 is 2.55 bits per heavy atom. The highest BCUT2D eigenvalue weighted by molar-refractivity contribution is 8.18. The molecule has 31 heavy (non-hydrogen) atoms. The number of amidine groups is 1. The summed E-state index contributed by atoms with van der Waals surface area (Å²) < 4.78 is 24.3. The van der Waals surface area contributed by atoms with Gasteiger partial charge in [0.05, 0.1) is 17.7 Å². The molecule has 3 aromatic carbocycles. The first kappa shape index (κ1) is 20.7. The van der Waals surface area contributed by atoms with Crippen molar-refractivity contribution < 1.29 is 18.7 Å². The summed E-state index contributed by atoms with van der Waals surface area (Å²) in [6, 6.07) is 21.0. The molecule has 3 aromatic rings. The van der Waals surface area contributed by atoms with Gasteiger partial charge in [-0.15, -0.1) is 0 Å². The van der Waals surface area contributed by atoms with Crippen LogP contribution >= 0.6 is 11.8 Å². The lowest BCUT2D eigenvalue weighted by Crippen LogP contribution is -2.19. The van der Waals surface area contributed by atoms with E-state index in [2.05, 4.69) is 10.3 Å². The second kappa shape index (κ2) is 9.49. The Kier molecular flexibility index (Phi) is 6.33. The molecule has 0 saturated carbocycles. The molecule has 0 atom stereocenters. The highest BCUT2D eigenvalue weighted by atomic mass is 32.2. The molecule has 5 nitrogen and oxygen atoms in total. The fourth-order valence-corrected chi connectivity index (χ4v) is 3.73. The van der Waals surface area contributed by atoms with E-state index in [0.717, 1.165) is 16.8 Å². The number of rotatable bonds is 6. The normalized spacial score (nSPS) is 15.9. The average Bonchev–Trinajstić information content (AvgIpc) is 3.13. The van der Waals surface area contributed by atoms with Crippen LogP contribution in [0.5, 0.6) is 11.5 Å². The van der Waals surface area contributed by atoms with Crippen molar-refractivity contribution in [1.82, 2.24) is 5.32 Å². The second-order valence-electron chi connectivity index (χ2n) is 6.64. The van der Waals surface area contributed by atoms with E-state index < -0.39 is 0 Å². The third kappa shape index (κ3) is 5.32. The van der Waals surface area contributed by atoms with Gasteiger partial charge in [0, 0.05) is 0 Å². The molecule has 156 valence electrons. The van der Waals surface area contributed by atoms with E-state index in [4.69, 9.17) is 9.47 Å². The number of carbonyl (C=O) groups is 1. The van der Waals surface area contributed by atoms with E-state index in [-0.39, 0.29) is 18.3 Å². The number of halogens is 1. The number of para-hydroxylation sites is 1. The maximum absolute atomic E-state index is 13.0. The number of amides is 1. The van der Waals surface area contributed by atoms with E-state index in [9.17, 15) is 9.18 Å². The molecule has 1 aliphatic heterocycles. The fourth-order valence-electron chi connectivity index (χ4n) is 2.89. The van der Waals surface area contributed by atoms with Crippen LogP contribution in [-0.4, -0.2) is 18.2 Å². The van der Waals surface area contributed by atoms with Crippen LogP contribution in [-0.2, 0) is 11.4 Å². The van der Waals surface area contributed by atoms with Crippen molar-refractivity contribution in [2.75, 3.05) is 7.11 Å². The monoisotopic (exact) mass is 434 g/mol. The number of nitrogens with zero attached hydrogens (tertiary/aromatic N) is 1. The van der Waals surface area contributed by atoms with Crippen molar-refractivity contribution in [2.24, 2.45) is 4.99 Å². The fraction of sp³-hybridized carbons (Fsp3) is 0.0833. The third-order valence-electron chi connectivity index (χ3n) is 4.43. The van der Waals surface area contributed by atoms with Gasteiger partial charge in [-0.2, -0.15) is 0 Å². The van der Waals surface area contributed by atoms with Crippen molar-refractivity contribution in [1.29, 1.82) is 0 Å². The van der Waals surface area contributed by atoms with Crippen LogP contribution in [0.3, 0.4) is 0 Å². The van der Waals surface area contributed by atoms with Gasteiger partial charge in [-0.25, -0.2) is 9.38 Å². The minimum atomic E-state index is -0.287. The van der Waals surface area contributed by atoms with Crippen LogP contribution in [0, 0.1) is 5.82 Å². The molecular weight excluding hydrogens is 415 g/mol. The van der Waals surface area contributed by atoms with Crippen molar-refractivity contribution in [3.8, 4) is 11.5 Å². The summed E-state index contributed by atoms with van der Waals surface area (Å²) in [5.74, 6) is 0.613. The largest absolute Gasteiger partial charge is 0.493 e. The minimum Gasteiger partial charge on any atom is -0.493 e. The average molecular weight is 434 g/mol. The van der Waals surface area contributed by atoms with Gasteiger partial charge in [-0.3, -0.25) is 4.79 Å². The molecule has 1 amide bonds. The highest BCUT2D eigenvalue weighted by Crippen LogP contribution is 2.32. The summed E-state index contributed by atoms with van der Waals surface area (Å²) in [6.45, 7) is 0.286. The summed E-state index contributed by atoms with van der Waals surface area (Å²) in [4.78, 5) is 17.3. The van der Waals surface area contributed by atoms with E-state index in [1.807, 2.05) is 36.4 Å². The number of carbonyl (C=O) groups excluding carboxylic acids is 1. The van der Waals surface area contributed by atoms with Gasteiger partial charge in [0.1, 0.15) is 12.4 Å². The number of ether oxygens (including phenoxy) is 2. The third-order valence-corrected chi connectivity index (χ3v) is 5.34. The van der Waals surface area contributed by atoms with Crippen LogP contribution in [0.4, 0.5) is 10.1 Å². The molecule has 4 rings (SSSR count). The number of hydrogen-bond acceptors (Lipinski definition) is 5. The van der Waals surface area contributed by atoms with Gasteiger partial charge >= 0.3 is 0 Å². The van der Waals surface area contributed by atoms with E-state index in [1.54, 1.807) is 37.5 Å². The first-order chi connectivity index (χ1) is 15.1. The van der Waals surface area contributed by atoms with Crippen molar-refractivity contribution in [3.63, 3.8) is 0 Å². The van der Waals surface area contributed by atoms with Gasteiger partial charge < -0.3 is 14.8 Å². The van der Waals surface area contributed by atoms with Crippen molar-refractivity contribution >= 4 is 34.6 Å². The number of hydrogen-bond donors (Lipinski definition) is 1. The molecule has 1 aliphatic rings. The number of nitrogens with one attached hydrogen (secondary N) is 1. The summed E-state index contributed by atoms with van der Waals surface area (Å²) >= 11 is 1.28. The van der Waals surface area contributed by atoms with Crippen molar-refractivity contribution in [2.45, 2.75) is 6.61 Å². The lowest BCUT2D eigenvalue weighted by molar-refractivity contribution is -0.115. The number of methoxy groups -OCH3 is 1.